The molecule has 2 aromatic heterocycles. The van der Waals surface area contributed by atoms with E-state index in [0.717, 1.165) is 17.4 Å². The molecule has 136 valence electrons. The van der Waals surface area contributed by atoms with Gasteiger partial charge in [0.05, 0.1) is 10.6 Å². The number of hydrogen-bond acceptors (Lipinski definition) is 6. The maximum Gasteiger partial charge on any atom is 0.180 e. The summed E-state index contributed by atoms with van der Waals surface area (Å²) in [5, 5.41) is 25.3. The molecule has 0 aliphatic carbocycles. The van der Waals surface area contributed by atoms with Crippen molar-refractivity contribution in [3.05, 3.63) is 44.4 Å². The molecule has 4 N–H and O–H groups in total. The highest BCUT2D eigenvalue weighted by molar-refractivity contribution is 7.19. The third-order valence-electron chi connectivity index (χ3n) is 3.79. The Labute approximate surface area is 155 Å². The number of amidine groups is 1. The van der Waals surface area contributed by atoms with Gasteiger partial charge in [-0.25, -0.2) is 8.78 Å². The van der Waals surface area contributed by atoms with Gasteiger partial charge in [-0.2, -0.15) is 0 Å². The SMILES string of the molecule is Cc1noc(C)c1-c1c(/C(N)=N/O)sc(Cl)c1-c1cc(F)c(O)cc1F. The predicted octanol–water partition coefficient (Wildman–Crippen LogP) is 4.42. The lowest BCUT2D eigenvalue weighted by Crippen LogP contribution is -2.12. The van der Waals surface area contributed by atoms with Crippen LogP contribution in [0.4, 0.5) is 8.78 Å². The van der Waals surface area contributed by atoms with Gasteiger partial charge < -0.3 is 20.6 Å². The highest BCUT2D eigenvalue weighted by atomic mass is 35.5. The third kappa shape index (κ3) is 2.78. The monoisotopic (exact) mass is 399 g/mol. The lowest BCUT2D eigenvalue weighted by Gasteiger charge is -2.09. The second kappa shape index (κ2) is 6.58. The largest absolute Gasteiger partial charge is 0.505 e. The van der Waals surface area contributed by atoms with Gasteiger partial charge >= 0.3 is 0 Å². The molecule has 10 heteroatoms. The normalized spacial score (nSPS) is 12.0. The molecule has 0 fully saturated rings. The van der Waals surface area contributed by atoms with Crippen LogP contribution in [-0.2, 0) is 0 Å². The second-order valence-corrected chi connectivity index (χ2v) is 7.05. The predicted molar refractivity (Wildman–Crippen MR) is 93.8 cm³/mol. The molecule has 0 aliphatic rings. The molecule has 0 saturated carbocycles. The number of phenols is 1. The molecule has 6 nitrogen and oxygen atoms in total. The number of nitrogens with two attached hydrogens (primary N) is 1. The summed E-state index contributed by atoms with van der Waals surface area (Å²) in [6, 6.07) is 1.48. The Hall–Kier alpha value is -2.65. The molecule has 0 bridgehead atoms. The fourth-order valence-electron chi connectivity index (χ4n) is 2.68. The number of thiophene rings is 1. The van der Waals surface area contributed by atoms with Crippen molar-refractivity contribution in [3.63, 3.8) is 0 Å². The molecule has 3 aromatic rings. The summed E-state index contributed by atoms with van der Waals surface area (Å²) >= 11 is 7.23. The van der Waals surface area contributed by atoms with Crippen LogP contribution in [0, 0.1) is 25.5 Å². The fraction of sp³-hybridized carbons (Fsp3) is 0.125. The van der Waals surface area contributed by atoms with Crippen LogP contribution in [0.15, 0.2) is 21.8 Å². The first-order valence-electron chi connectivity index (χ1n) is 7.18. The number of nitrogens with zero attached hydrogens (tertiary/aromatic N) is 2. The van der Waals surface area contributed by atoms with Crippen LogP contribution in [0.3, 0.4) is 0 Å². The Kier molecular flexibility index (Phi) is 4.59. The van der Waals surface area contributed by atoms with Crippen molar-refractivity contribution < 1.29 is 23.6 Å². The molecule has 3 rings (SSSR count). The maximum atomic E-state index is 14.5. The van der Waals surface area contributed by atoms with Gasteiger partial charge in [0.1, 0.15) is 15.9 Å². The highest BCUT2D eigenvalue weighted by Crippen LogP contribution is 2.48. The summed E-state index contributed by atoms with van der Waals surface area (Å²) in [6.45, 7) is 3.29. The summed E-state index contributed by atoms with van der Waals surface area (Å²) in [5.41, 5.74) is 6.92. The molecule has 2 heterocycles. The van der Waals surface area contributed by atoms with Gasteiger partial charge in [-0.1, -0.05) is 21.9 Å². The van der Waals surface area contributed by atoms with Crippen molar-refractivity contribution >= 4 is 28.8 Å². The zero-order valence-corrected chi connectivity index (χ0v) is 15.0. The lowest BCUT2D eigenvalue weighted by molar-refractivity contribution is 0.319. The van der Waals surface area contributed by atoms with Gasteiger partial charge in [-0.15, -0.1) is 11.3 Å². The first-order chi connectivity index (χ1) is 12.3. The molecule has 0 atom stereocenters. The quantitative estimate of drug-likeness (QED) is 0.262. The number of benzene rings is 1. The van der Waals surface area contributed by atoms with Gasteiger partial charge in [0.2, 0.25) is 0 Å². The molecule has 0 amide bonds. The number of aromatic nitrogens is 1. The Balaban J connectivity index is 2.45. The van der Waals surface area contributed by atoms with Gasteiger partial charge in [0, 0.05) is 28.3 Å². The van der Waals surface area contributed by atoms with Crippen molar-refractivity contribution in [1.82, 2.24) is 5.16 Å². The molecule has 0 saturated heterocycles. The summed E-state index contributed by atoms with van der Waals surface area (Å²) in [7, 11) is 0. The van der Waals surface area contributed by atoms with E-state index in [1.165, 1.54) is 0 Å². The minimum Gasteiger partial charge on any atom is -0.505 e. The van der Waals surface area contributed by atoms with E-state index in [1.807, 2.05) is 0 Å². The van der Waals surface area contributed by atoms with Crippen molar-refractivity contribution in [3.8, 4) is 28.0 Å². The van der Waals surface area contributed by atoms with E-state index >= 15 is 0 Å². The van der Waals surface area contributed by atoms with Crippen molar-refractivity contribution in [2.24, 2.45) is 10.9 Å². The van der Waals surface area contributed by atoms with Gasteiger partial charge in [-0.3, -0.25) is 0 Å². The molecular formula is C16H12ClF2N3O3S. The van der Waals surface area contributed by atoms with E-state index in [1.54, 1.807) is 13.8 Å². The lowest BCUT2D eigenvalue weighted by atomic mass is 9.95. The maximum absolute atomic E-state index is 14.5. The molecular weight excluding hydrogens is 388 g/mol. The van der Waals surface area contributed by atoms with E-state index in [4.69, 9.17) is 27.1 Å². The van der Waals surface area contributed by atoms with E-state index in [-0.39, 0.29) is 26.2 Å². The number of aromatic hydroxyl groups is 1. The van der Waals surface area contributed by atoms with Crippen LogP contribution in [0.1, 0.15) is 16.3 Å². The average molecular weight is 400 g/mol. The van der Waals surface area contributed by atoms with Crippen molar-refractivity contribution in [1.29, 1.82) is 0 Å². The van der Waals surface area contributed by atoms with Crippen LogP contribution in [0.25, 0.3) is 22.3 Å². The van der Waals surface area contributed by atoms with E-state index in [2.05, 4.69) is 10.3 Å². The first kappa shape index (κ1) is 18.2. The van der Waals surface area contributed by atoms with Crippen molar-refractivity contribution in [2.75, 3.05) is 0 Å². The Morgan fingerprint density at radius 3 is 2.50 bits per heavy atom. The zero-order valence-electron chi connectivity index (χ0n) is 13.5. The van der Waals surface area contributed by atoms with Gasteiger partial charge in [0.15, 0.2) is 17.4 Å². The van der Waals surface area contributed by atoms with Crippen LogP contribution in [0.2, 0.25) is 4.34 Å². The zero-order chi connectivity index (χ0) is 19.2. The molecule has 0 spiro atoms. The molecule has 0 aliphatic heterocycles. The van der Waals surface area contributed by atoms with Gasteiger partial charge in [-0.05, 0) is 19.9 Å². The van der Waals surface area contributed by atoms with E-state index in [9.17, 15) is 13.9 Å². The third-order valence-corrected chi connectivity index (χ3v) is 5.22. The smallest absolute Gasteiger partial charge is 0.180 e. The summed E-state index contributed by atoms with van der Waals surface area (Å²) in [5.74, 6) is -2.59. The minimum absolute atomic E-state index is 0.0885. The van der Waals surface area contributed by atoms with Crippen LogP contribution < -0.4 is 5.73 Å². The molecule has 26 heavy (non-hydrogen) atoms. The highest BCUT2D eigenvalue weighted by Gasteiger charge is 2.29. The summed E-state index contributed by atoms with van der Waals surface area (Å²) < 4.78 is 33.6. The number of rotatable bonds is 3. The van der Waals surface area contributed by atoms with E-state index < -0.39 is 17.4 Å². The Bertz CT molecular complexity index is 1030. The Morgan fingerprint density at radius 2 is 1.92 bits per heavy atom. The van der Waals surface area contributed by atoms with E-state index in [0.29, 0.717) is 28.6 Å². The van der Waals surface area contributed by atoms with Crippen molar-refractivity contribution in [2.45, 2.75) is 13.8 Å². The van der Waals surface area contributed by atoms with Gasteiger partial charge in [0.25, 0.3) is 0 Å². The number of aryl methyl sites for hydroxylation is 2. The summed E-state index contributed by atoms with van der Waals surface area (Å²) in [6.07, 6.45) is 0. The molecule has 1 aromatic carbocycles. The minimum atomic E-state index is -1.02. The number of hydrogen-bond donors (Lipinski definition) is 3. The topological polar surface area (TPSA) is 105 Å². The Morgan fingerprint density at radius 1 is 1.23 bits per heavy atom. The second-order valence-electron chi connectivity index (χ2n) is 5.42. The summed E-state index contributed by atoms with van der Waals surface area (Å²) in [4.78, 5) is 0.245. The fourth-order valence-corrected chi connectivity index (χ4v) is 4.05. The van der Waals surface area contributed by atoms with Crippen LogP contribution in [-0.4, -0.2) is 21.3 Å². The molecule has 0 unspecified atom stereocenters. The number of oxime groups is 1. The van der Waals surface area contributed by atoms with Crippen LogP contribution in [0.5, 0.6) is 5.75 Å². The number of phenolic OH excluding ortho intramolecular Hbond substituents is 1. The number of halogens is 3. The first-order valence-corrected chi connectivity index (χ1v) is 8.37. The average Bonchev–Trinajstić information content (AvgIpc) is 3.09. The molecule has 0 radical (unpaired) electrons. The standard InChI is InChI=1S/C16H12ClF2N3O3S/c1-5-11(6(2)25-22-5)13-12(15(17)26-14(13)16(20)21-24)7-3-9(19)10(23)4-8(7)18/h3-4,23-24H,1-2H3,(H2,20,21). The van der Waals surface area contributed by atoms with Crippen LogP contribution >= 0.6 is 22.9 Å².